The van der Waals surface area contributed by atoms with Crippen molar-refractivity contribution >= 4 is 0 Å². The topological polar surface area (TPSA) is 21.3 Å². The molecule has 0 saturated heterocycles. The summed E-state index contributed by atoms with van der Waals surface area (Å²) >= 11 is 0. The first-order valence-electron chi connectivity index (χ1n) is 5.88. The normalized spacial score (nSPS) is 29.1. The minimum atomic E-state index is -0.0675. The fourth-order valence-electron chi connectivity index (χ4n) is 1.91. The van der Waals surface area contributed by atoms with E-state index in [1.165, 1.54) is 25.7 Å². The monoisotopic (exact) mass is 199 g/mol. The van der Waals surface area contributed by atoms with E-state index in [0.717, 1.165) is 18.4 Å². The van der Waals surface area contributed by atoms with E-state index in [2.05, 4.69) is 33.2 Å². The van der Waals surface area contributed by atoms with Gasteiger partial charge in [-0.1, -0.05) is 19.8 Å². The quantitative estimate of drug-likeness (QED) is 0.705. The maximum Gasteiger partial charge on any atom is 0.0812 e. The van der Waals surface area contributed by atoms with Crippen LogP contribution in [0.3, 0.4) is 0 Å². The maximum atomic E-state index is 5.51. The van der Waals surface area contributed by atoms with Crippen molar-refractivity contribution in [3.8, 4) is 0 Å². The molecule has 0 bridgehead atoms. The minimum absolute atomic E-state index is 0.0675. The lowest BCUT2D eigenvalue weighted by atomic mass is 9.83. The van der Waals surface area contributed by atoms with Gasteiger partial charge < -0.3 is 0 Å². The first-order valence-corrected chi connectivity index (χ1v) is 5.88. The van der Waals surface area contributed by atoms with Crippen LogP contribution in [0.25, 0.3) is 0 Å². The van der Waals surface area contributed by atoms with Crippen molar-refractivity contribution in [1.82, 2.24) is 5.48 Å². The Morgan fingerprint density at radius 3 is 2.21 bits per heavy atom. The summed E-state index contributed by atoms with van der Waals surface area (Å²) in [5.41, 5.74) is 3.04. The third kappa shape index (κ3) is 4.97. The highest BCUT2D eigenvalue weighted by molar-refractivity contribution is 4.70. The van der Waals surface area contributed by atoms with E-state index in [9.17, 15) is 0 Å². The highest BCUT2D eigenvalue weighted by Crippen LogP contribution is 2.27. The average Bonchev–Trinajstić information content (AvgIpc) is 2.06. The molecule has 0 amide bonds. The van der Waals surface area contributed by atoms with Gasteiger partial charge in [0, 0.05) is 6.54 Å². The molecular formula is C12H25NO. The average molecular weight is 199 g/mol. The largest absolute Gasteiger partial charge is 0.296 e. The lowest BCUT2D eigenvalue weighted by molar-refractivity contribution is -0.0786. The summed E-state index contributed by atoms with van der Waals surface area (Å²) in [6.45, 7) is 9.59. The molecule has 1 fully saturated rings. The molecule has 1 rings (SSSR count). The van der Waals surface area contributed by atoms with Crippen LogP contribution in [0.5, 0.6) is 0 Å². The third-order valence-electron chi connectivity index (χ3n) is 2.89. The van der Waals surface area contributed by atoms with Gasteiger partial charge >= 0.3 is 0 Å². The molecule has 0 aliphatic heterocycles. The zero-order valence-corrected chi connectivity index (χ0v) is 10.1. The van der Waals surface area contributed by atoms with Crippen molar-refractivity contribution in [2.75, 3.05) is 6.54 Å². The first-order chi connectivity index (χ1) is 6.47. The SMILES string of the molecule is CC1CCC(CNOC(C)(C)C)CC1. The number of nitrogens with one attached hydrogen (secondary N) is 1. The van der Waals surface area contributed by atoms with Crippen LogP contribution in [0.1, 0.15) is 53.4 Å². The van der Waals surface area contributed by atoms with Crippen LogP contribution in [-0.4, -0.2) is 12.1 Å². The summed E-state index contributed by atoms with van der Waals surface area (Å²) in [6.07, 6.45) is 5.51. The Bertz CT molecular complexity index is 154. The van der Waals surface area contributed by atoms with E-state index in [1.54, 1.807) is 0 Å². The number of hydroxylamine groups is 1. The molecule has 0 heterocycles. The van der Waals surface area contributed by atoms with Crippen molar-refractivity contribution in [3.05, 3.63) is 0 Å². The van der Waals surface area contributed by atoms with Gasteiger partial charge in [0.05, 0.1) is 5.60 Å². The molecule has 1 aliphatic rings. The first kappa shape index (κ1) is 12.0. The van der Waals surface area contributed by atoms with Gasteiger partial charge in [-0.15, -0.1) is 0 Å². The van der Waals surface area contributed by atoms with Gasteiger partial charge in [-0.3, -0.25) is 4.84 Å². The van der Waals surface area contributed by atoms with Gasteiger partial charge in [0.25, 0.3) is 0 Å². The van der Waals surface area contributed by atoms with Gasteiger partial charge in [0.15, 0.2) is 0 Å². The molecule has 1 aliphatic carbocycles. The highest BCUT2D eigenvalue weighted by atomic mass is 16.7. The second-order valence-electron chi connectivity index (χ2n) is 5.69. The highest BCUT2D eigenvalue weighted by Gasteiger charge is 2.18. The van der Waals surface area contributed by atoms with Gasteiger partial charge in [0.2, 0.25) is 0 Å². The number of hydrogen-bond donors (Lipinski definition) is 1. The van der Waals surface area contributed by atoms with Crippen LogP contribution >= 0.6 is 0 Å². The van der Waals surface area contributed by atoms with Crippen LogP contribution in [-0.2, 0) is 4.84 Å². The molecule has 0 aromatic carbocycles. The van der Waals surface area contributed by atoms with Crippen LogP contribution in [0.4, 0.5) is 0 Å². The lowest BCUT2D eigenvalue weighted by Crippen LogP contribution is -2.33. The molecule has 0 aromatic rings. The Hall–Kier alpha value is -0.0800. The molecular weight excluding hydrogens is 174 g/mol. The lowest BCUT2D eigenvalue weighted by Gasteiger charge is -2.27. The molecule has 14 heavy (non-hydrogen) atoms. The van der Waals surface area contributed by atoms with Crippen molar-refractivity contribution in [3.63, 3.8) is 0 Å². The zero-order chi connectivity index (χ0) is 10.6. The van der Waals surface area contributed by atoms with E-state index in [-0.39, 0.29) is 5.60 Å². The standard InChI is InChI=1S/C12H25NO/c1-10-5-7-11(8-6-10)9-13-14-12(2,3)4/h10-11,13H,5-9H2,1-4H3. The summed E-state index contributed by atoms with van der Waals surface area (Å²) < 4.78 is 0. The Morgan fingerprint density at radius 2 is 1.71 bits per heavy atom. The predicted molar refractivity (Wildman–Crippen MR) is 60.0 cm³/mol. The van der Waals surface area contributed by atoms with Crippen LogP contribution < -0.4 is 5.48 Å². The fraction of sp³-hybridized carbons (Fsp3) is 1.00. The Morgan fingerprint density at radius 1 is 1.14 bits per heavy atom. The van der Waals surface area contributed by atoms with Crippen molar-refractivity contribution in [2.45, 2.75) is 59.0 Å². The Kier molecular flexibility index (Phi) is 4.39. The predicted octanol–water partition coefficient (Wildman–Crippen LogP) is 3.13. The van der Waals surface area contributed by atoms with E-state index >= 15 is 0 Å². The van der Waals surface area contributed by atoms with E-state index in [0.29, 0.717) is 0 Å². The number of hydrogen-bond acceptors (Lipinski definition) is 2. The van der Waals surface area contributed by atoms with Crippen LogP contribution in [0, 0.1) is 11.8 Å². The molecule has 1 saturated carbocycles. The van der Waals surface area contributed by atoms with E-state index < -0.39 is 0 Å². The Balaban J connectivity index is 2.08. The molecule has 0 radical (unpaired) electrons. The second kappa shape index (κ2) is 5.13. The molecule has 2 nitrogen and oxygen atoms in total. The van der Waals surface area contributed by atoms with Crippen molar-refractivity contribution in [1.29, 1.82) is 0 Å². The minimum Gasteiger partial charge on any atom is -0.296 e. The van der Waals surface area contributed by atoms with Gasteiger partial charge in [0.1, 0.15) is 0 Å². The molecule has 2 heteroatoms. The number of rotatable bonds is 3. The summed E-state index contributed by atoms with van der Waals surface area (Å²) in [5, 5.41) is 0. The fourth-order valence-corrected chi connectivity index (χ4v) is 1.91. The van der Waals surface area contributed by atoms with Gasteiger partial charge in [-0.05, 0) is 45.4 Å². The summed E-state index contributed by atoms with van der Waals surface area (Å²) in [5.74, 6) is 1.77. The van der Waals surface area contributed by atoms with Crippen LogP contribution in [0.15, 0.2) is 0 Å². The molecule has 0 spiro atoms. The molecule has 0 atom stereocenters. The summed E-state index contributed by atoms with van der Waals surface area (Å²) in [6, 6.07) is 0. The van der Waals surface area contributed by atoms with Crippen molar-refractivity contribution in [2.24, 2.45) is 11.8 Å². The molecule has 0 aromatic heterocycles. The molecule has 1 N–H and O–H groups in total. The van der Waals surface area contributed by atoms with Crippen LogP contribution in [0.2, 0.25) is 0 Å². The van der Waals surface area contributed by atoms with Gasteiger partial charge in [-0.2, -0.15) is 0 Å². The maximum absolute atomic E-state index is 5.51. The second-order valence-corrected chi connectivity index (χ2v) is 5.69. The van der Waals surface area contributed by atoms with E-state index in [1.807, 2.05) is 0 Å². The smallest absolute Gasteiger partial charge is 0.0812 e. The molecule has 84 valence electrons. The zero-order valence-electron chi connectivity index (χ0n) is 10.1. The van der Waals surface area contributed by atoms with Crippen molar-refractivity contribution < 1.29 is 4.84 Å². The van der Waals surface area contributed by atoms with Gasteiger partial charge in [-0.25, -0.2) is 5.48 Å². The molecule has 0 unspecified atom stereocenters. The summed E-state index contributed by atoms with van der Waals surface area (Å²) in [7, 11) is 0. The summed E-state index contributed by atoms with van der Waals surface area (Å²) in [4.78, 5) is 5.51. The van der Waals surface area contributed by atoms with E-state index in [4.69, 9.17) is 4.84 Å². The third-order valence-corrected chi connectivity index (χ3v) is 2.89. The Labute approximate surface area is 88.4 Å².